The molecule has 0 spiro atoms. The highest BCUT2D eigenvalue weighted by molar-refractivity contribution is 7.16. The van der Waals surface area contributed by atoms with E-state index in [-0.39, 0.29) is 11.7 Å². The Hall–Kier alpha value is -2.20. The number of nitrogens with one attached hydrogen (secondary N) is 2. The van der Waals surface area contributed by atoms with Gasteiger partial charge >= 0.3 is 0 Å². The highest BCUT2D eigenvalue weighted by Crippen LogP contribution is 2.31. The van der Waals surface area contributed by atoms with Crippen LogP contribution in [-0.4, -0.2) is 21.1 Å². The molecule has 2 heterocycles. The van der Waals surface area contributed by atoms with E-state index in [4.69, 9.17) is 5.26 Å². The van der Waals surface area contributed by atoms with Gasteiger partial charge < -0.3 is 5.32 Å². The normalized spacial score (nSPS) is 10.6. The van der Waals surface area contributed by atoms with Crippen molar-refractivity contribution in [1.82, 2.24) is 15.2 Å². The second kappa shape index (κ2) is 5.43. The summed E-state index contributed by atoms with van der Waals surface area (Å²) in [6, 6.07) is 2.11. The summed E-state index contributed by atoms with van der Waals surface area (Å²) in [4.78, 5) is 17.2. The zero-order valence-electron chi connectivity index (χ0n) is 11.7. The molecule has 0 radical (unpaired) electrons. The molecule has 2 aromatic rings. The van der Waals surface area contributed by atoms with Crippen LogP contribution in [0.1, 0.15) is 52.2 Å². The molecule has 0 saturated carbocycles. The third kappa shape index (κ3) is 2.56. The molecule has 0 saturated heterocycles. The zero-order chi connectivity index (χ0) is 14.9. The fourth-order valence-electron chi connectivity index (χ4n) is 1.64. The molecule has 7 heteroatoms. The number of amides is 1. The molecular formula is C13H15N5OS. The van der Waals surface area contributed by atoms with Gasteiger partial charge in [-0.15, -0.1) is 16.4 Å². The molecule has 0 aliphatic carbocycles. The Balaban J connectivity index is 2.24. The summed E-state index contributed by atoms with van der Waals surface area (Å²) in [5, 5.41) is 19.0. The van der Waals surface area contributed by atoms with Gasteiger partial charge in [-0.05, 0) is 19.4 Å². The van der Waals surface area contributed by atoms with Crippen LogP contribution in [0.15, 0.2) is 0 Å². The molecule has 0 unspecified atom stereocenters. The van der Waals surface area contributed by atoms with Gasteiger partial charge in [-0.25, -0.2) is 4.98 Å². The minimum Gasteiger partial charge on any atom is -0.310 e. The highest BCUT2D eigenvalue weighted by Gasteiger charge is 2.18. The summed E-state index contributed by atoms with van der Waals surface area (Å²) in [6.07, 6.45) is 0. The minimum atomic E-state index is -0.411. The number of nitrogens with zero attached hydrogens (tertiary/aromatic N) is 3. The van der Waals surface area contributed by atoms with Gasteiger partial charge in [0.05, 0.1) is 5.56 Å². The van der Waals surface area contributed by atoms with Gasteiger partial charge in [0.15, 0.2) is 0 Å². The molecule has 0 aliphatic heterocycles. The molecular weight excluding hydrogens is 274 g/mol. The van der Waals surface area contributed by atoms with Crippen molar-refractivity contribution < 1.29 is 4.79 Å². The summed E-state index contributed by atoms with van der Waals surface area (Å²) in [6.45, 7) is 7.70. The SMILES string of the molecule is Cc1sc(NC(=O)c2n[nH]c(C(C)C)n2)c(C#N)c1C. The summed E-state index contributed by atoms with van der Waals surface area (Å²) >= 11 is 1.38. The second-order valence-corrected chi connectivity index (χ2v) is 5.98. The van der Waals surface area contributed by atoms with E-state index in [2.05, 4.69) is 26.6 Å². The fourth-order valence-corrected chi connectivity index (χ4v) is 2.65. The summed E-state index contributed by atoms with van der Waals surface area (Å²) < 4.78 is 0. The number of hydrogen-bond donors (Lipinski definition) is 2. The maximum absolute atomic E-state index is 12.1. The zero-order valence-corrected chi connectivity index (χ0v) is 12.6. The van der Waals surface area contributed by atoms with E-state index in [0.717, 1.165) is 10.4 Å². The molecule has 0 atom stereocenters. The van der Waals surface area contributed by atoms with Crippen molar-refractivity contribution in [1.29, 1.82) is 5.26 Å². The molecule has 0 bridgehead atoms. The molecule has 0 aliphatic rings. The average Bonchev–Trinajstić information content (AvgIpc) is 2.96. The first-order chi connectivity index (χ1) is 9.43. The Morgan fingerprint density at radius 2 is 2.15 bits per heavy atom. The summed E-state index contributed by atoms with van der Waals surface area (Å²) in [7, 11) is 0. The Morgan fingerprint density at radius 3 is 2.70 bits per heavy atom. The van der Waals surface area contributed by atoms with E-state index in [9.17, 15) is 4.79 Å². The Morgan fingerprint density at radius 1 is 1.45 bits per heavy atom. The van der Waals surface area contributed by atoms with E-state index in [0.29, 0.717) is 16.4 Å². The van der Waals surface area contributed by atoms with Crippen LogP contribution < -0.4 is 5.32 Å². The molecule has 0 fully saturated rings. The average molecular weight is 289 g/mol. The van der Waals surface area contributed by atoms with Crippen molar-refractivity contribution in [2.45, 2.75) is 33.6 Å². The van der Waals surface area contributed by atoms with Gasteiger partial charge in [-0.1, -0.05) is 13.8 Å². The van der Waals surface area contributed by atoms with Crippen LogP contribution >= 0.6 is 11.3 Å². The van der Waals surface area contributed by atoms with Crippen LogP contribution in [-0.2, 0) is 0 Å². The van der Waals surface area contributed by atoms with Crippen molar-refractivity contribution >= 4 is 22.2 Å². The lowest BCUT2D eigenvalue weighted by Crippen LogP contribution is -2.13. The lowest BCUT2D eigenvalue weighted by molar-refractivity contribution is 0.101. The molecule has 0 aromatic carbocycles. The number of anilines is 1. The summed E-state index contributed by atoms with van der Waals surface area (Å²) in [5.41, 5.74) is 1.39. The minimum absolute atomic E-state index is 0.0845. The first-order valence-corrected chi connectivity index (χ1v) is 6.99. The maximum atomic E-state index is 12.1. The van der Waals surface area contributed by atoms with Gasteiger partial charge in [-0.3, -0.25) is 9.89 Å². The number of carbonyl (C=O) groups excluding carboxylic acids is 1. The monoisotopic (exact) mass is 289 g/mol. The predicted octanol–water partition coefficient (Wildman–Crippen LogP) is 2.73. The molecule has 2 rings (SSSR count). The van der Waals surface area contributed by atoms with Gasteiger partial charge in [-0.2, -0.15) is 5.26 Å². The van der Waals surface area contributed by atoms with E-state index in [1.54, 1.807) is 0 Å². The topological polar surface area (TPSA) is 94.5 Å². The lowest BCUT2D eigenvalue weighted by Gasteiger charge is -1.99. The fraction of sp³-hybridized carbons (Fsp3) is 0.385. The lowest BCUT2D eigenvalue weighted by atomic mass is 10.2. The molecule has 2 N–H and O–H groups in total. The third-order valence-corrected chi connectivity index (χ3v) is 4.10. The van der Waals surface area contributed by atoms with Crippen molar-refractivity contribution in [3.63, 3.8) is 0 Å². The number of thiophene rings is 1. The van der Waals surface area contributed by atoms with E-state index >= 15 is 0 Å². The number of aromatic nitrogens is 3. The Bertz CT molecular complexity index is 692. The first kappa shape index (κ1) is 14.2. The van der Waals surface area contributed by atoms with Crippen LogP contribution in [0.3, 0.4) is 0 Å². The molecule has 2 aromatic heterocycles. The molecule has 20 heavy (non-hydrogen) atoms. The largest absolute Gasteiger partial charge is 0.310 e. The number of aryl methyl sites for hydroxylation is 1. The second-order valence-electron chi connectivity index (χ2n) is 4.75. The van der Waals surface area contributed by atoms with Crippen LogP contribution in [0.5, 0.6) is 0 Å². The number of aromatic amines is 1. The van der Waals surface area contributed by atoms with Crippen molar-refractivity contribution in [3.8, 4) is 6.07 Å². The van der Waals surface area contributed by atoms with Crippen LogP contribution in [0.2, 0.25) is 0 Å². The van der Waals surface area contributed by atoms with E-state index in [1.807, 2.05) is 27.7 Å². The van der Waals surface area contributed by atoms with Gasteiger partial charge in [0.25, 0.3) is 5.91 Å². The smallest absolute Gasteiger partial charge is 0.295 e. The number of hydrogen-bond acceptors (Lipinski definition) is 5. The molecule has 6 nitrogen and oxygen atoms in total. The Kier molecular flexibility index (Phi) is 3.86. The van der Waals surface area contributed by atoms with E-state index < -0.39 is 5.91 Å². The first-order valence-electron chi connectivity index (χ1n) is 6.17. The molecule has 104 valence electrons. The van der Waals surface area contributed by atoms with Gasteiger partial charge in [0.2, 0.25) is 5.82 Å². The number of nitriles is 1. The predicted molar refractivity (Wildman–Crippen MR) is 76.9 cm³/mol. The molecule has 1 amide bonds. The van der Waals surface area contributed by atoms with Gasteiger partial charge in [0, 0.05) is 10.8 Å². The number of H-pyrrole nitrogens is 1. The number of carbonyl (C=O) groups is 1. The highest BCUT2D eigenvalue weighted by atomic mass is 32.1. The Labute approximate surface area is 120 Å². The third-order valence-electron chi connectivity index (χ3n) is 2.98. The van der Waals surface area contributed by atoms with Crippen LogP contribution in [0, 0.1) is 25.2 Å². The number of rotatable bonds is 3. The quantitative estimate of drug-likeness (QED) is 0.908. The summed E-state index contributed by atoms with van der Waals surface area (Å²) in [5.74, 6) is 0.506. The van der Waals surface area contributed by atoms with E-state index in [1.165, 1.54) is 11.3 Å². The standard InChI is InChI=1S/C13H15N5OS/c1-6(2)10-15-11(18-17-10)12(19)16-13-9(5-14)7(3)8(4)20-13/h6H,1-4H3,(H,16,19)(H,15,17,18). The van der Waals surface area contributed by atoms with Crippen molar-refractivity contribution in [2.24, 2.45) is 0 Å². The van der Waals surface area contributed by atoms with Gasteiger partial charge in [0.1, 0.15) is 16.9 Å². The van der Waals surface area contributed by atoms with Crippen LogP contribution in [0.25, 0.3) is 0 Å². The van der Waals surface area contributed by atoms with Crippen molar-refractivity contribution in [2.75, 3.05) is 5.32 Å². The van der Waals surface area contributed by atoms with Crippen molar-refractivity contribution in [3.05, 3.63) is 27.7 Å². The maximum Gasteiger partial charge on any atom is 0.295 e. The van der Waals surface area contributed by atoms with Crippen LogP contribution in [0.4, 0.5) is 5.00 Å².